The number of pyridine rings is 1. The number of hydrogen-bond donors (Lipinski definition) is 2. The summed E-state index contributed by atoms with van der Waals surface area (Å²) in [6.07, 6.45) is 6.14. The molecule has 10 heteroatoms. The Labute approximate surface area is 243 Å². The van der Waals surface area contributed by atoms with Crippen molar-refractivity contribution in [2.75, 3.05) is 19.6 Å². The first-order valence-corrected chi connectivity index (χ1v) is 13.7. The second-order valence-corrected chi connectivity index (χ2v) is 10.2. The zero-order chi connectivity index (χ0) is 28.3. The van der Waals surface area contributed by atoms with Gasteiger partial charge in [0, 0.05) is 60.4 Å². The number of rotatable bonds is 10. The number of likely N-dealkylation sites (tertiary alicyclic amines) is 1. The van der Waals surface area contributed by atoms with Crippen LogP contribution in [0.4, 0.5) is 0 Å². The molecule has 0 aliphatic carbocycles. The van der Waals surface area contributed by atoms with Crippen LogP contribution in [0, 0.1) is 0 Å². The Hall–Kier alpha value is -3.88. The zero-order valence-electron chi connectivity index (χ0n) is 21.8. The van der Waals surface area contributed by atoms with Gasteiger partial charge in [0.15, 0.2) is 0 Å². The van der Waals surface area contributed by atoms with Gasteiger partial charge in [-0.25, -0.2) is 0 Å². The first-order valence-electron chi connectivity index (χ1n) is 13.0. The minimum Gasteiger partial charge on any atom is -0.490 e. The largest absolute Gasteiger partial charge is 0.490 e. The van der Waals surface area contributed by atoms with E-state index < -0.39 is 17.9 Å². The molecule has 2 N–H and O–H groups in total. The molecule has 0 saturated carbocycles. The lowest BCUT2D eigenvalue weighted by Crippen LogP contribution is -2.51. The van der Waals surface area contributed by atoms with E-state index in [4.69, 9.17) is 27.9 Å². The zero-order valence-corrected chi connectivity index (χ0v) is 23.3. The Kier molecular flexibility index (Phi) is 10.5. The van der Waals surface area contributed by atoms with Gasteiger partial charge in [-0.3, -0.25) is 19.4 Å². The minimum atomic E-state index is -0.913. The third-order valence-electron chi connectivity index (χ3n) is 6.39. The van der Waals surface area contributed by atoms with Crippen LogP contribution in [0.25, 0.3) is 6.08 Å². The van der Waals surface area contributed by atoms with E-state index in [0.29, 0.717) is 41.7 Å². The van der Waals surface area contributed by atoms with Gasteiger partial charge in [-0.15, -0.1) is 0 Å². The van der Waals surface area contributed by atoms with Crippen molar-refractivity contribution < 1.29 is 19.1 Å². The van der Waals surface area contributed by atoms with Crippen LogP contribution in [0.3, 0.4) is 0 Å². The number of amides is 3. The molecule has 0 bridgehead atoms. The van der Waals surface area contributed by atoms with Gasteiger partial charge >= 0.3 is 0 Å². The van der Waals surface area contributed by atoms with Crippen molar-refractivity contribution in [3.63, 3.8) is 0 Å². The quantitative estimate of drug-likeness (QED) is 0.348. The summed E-state index contributed by atoms with van der Waals surface area (Å²) in [5, 5.41) is 6.66. The molecule has 8 nitrogen and oxygen atoms in total. The Morgan fingerprint density at radius 1 is 0.975 bits per heavy atom. The molecule has 1 aliphatic heterocycles. The highest BCUT2D eigenvalue weighted by molar-refractivity contribution is 6.30. The Balaban J connectivity index is 1.28. The van der Waals surface area contributed by atoms with Gasteiger partial charge in [0.25, 0.3) is 0 Å². The monoisotopic (exact) mass is 580 g/mol. The first-order chi connectivity index (χ1) is 19.4. The molecule has 0 unspecified atom stereocenters. The molecule has 0 radical (unpaired) electrons. The van der Waals surface area contributed by atoms with Crippen molar-refractivity contribution in [3.05, 3.63) is 100 Å². The van der Waals surface area contributed by atoms with E-state index in [1.165, 1.54) is 6.08 Å². The summed E-state index contributed by atoms with van der Waals surface area (Å²) < 4.78 is 5.99. The fourth-order valence-corrected chi connectivity index (χ4v) is 4.48. The molecule has 0 spiro atoms. The van der Waals surface area contributed by atoms with E-state index in [-0.39, 0.29) is 25.0 Å². The van der Waals surface area contributed by atoms with E-state index >= 15 is 0 Å². The molecular formula is C30H30Cl2N4O4. The number of hydrogen-bond acceptors (Lipinski definition) is 5. The highest BCUT2D eigenvalue weighted by Crippen LogP contribution is 2.21. The average molecular weight is 582 g/mol. The molecule has 1 aromatic heterocycles. The van der Waals surface area contributed by atoms with Gasteiger partial charge in [-0.2, -0.15) is 0 Å². The van der Waals surface area contributed by atoms with Crippen LogP contribution in [0.15, 0.2) is 79.0 Å². The Bertz CT molecular complexity index is 1310. The molecule has 2 heterocycles. The van der Waals surface area contributed by atoms with Gasteiger partial charge in [-0.1, -0.05) is 41.4 Å². The van der Waals surface area contributed by atoms with Crippen LogP contribution in [-0.2, 0) is 20.8 Å². The molecule has 1 aliphatic rings. The molecule has 1 saturated heterocycles. The summed E-state index contributed by atoms with van der Waals surface area (Å²) in [6.45, 7) is 0.879. The molecule has 1 fully saturated rings. The van der Waals surface area contributed by atoms with Gasteiger partial charge in [-0.05, 0) is 60.2 Å². The lowest BCUT2D eigenvalue weighted by Gasteiger charge is -2.32. The first kappa shape index (κ1) is 29.1. The second kappa shape index (κ2) is 14.5. The summed E-state index contributed by atoms with van der Waals surface area (Å²) >= 11 is 11.8. The van der Waals surface area contributed by atoms with Gasteiger partial charge in [0.2, 0.25) is 17.7 Å². The van der Waals surface area contributed by atoms with Crippen LogP contribution >= 0.6 is 23.2 Å². The maximum atomic E-state index is 13.1. The van der Waals surface area contributed by atoms with Crippen molar-refractivity contribution >= 4 is 47.0 Å². The topological polar surface area (TPSA) is 101 Å². The summed E-state index contributed by atoms with van der Waals surface area (Å²) in [5.41, 5.74) is 1.43. The van der Waals surface area contributed by atoms with Crippen LogP contribution in [-0.4, -0.2) is 59.4 Å². The number of carbonyl (C=O) groups is 3. The third-order valence-corrected chi connectivity index (χ3v) is 6.90. The Morgan fingerprint density at radius 3 is 2.30 bits per heavy atom. The number of nitrogens with zero attached hydrogens (tertiary/aromatic N) is 2. The number of aromatic nitrogens is 1. The van der Waals surface area contributed by atoms with E-state index in [2.05, 4.69) is 15.6 Å². The third kappa shape index (κ3) is 9.10. The molecular weight excluding hydrogens is 551 g/mol. The standard InChI is InChI=1S/C30H30Cl2N4O4/c31-22-7-4-21(5-8-22)6-13-28(37)35-27(19-24-3-1-2-16-33-24)30(39)34-20-29(38)36-17-14-26(15-18-36)40-25-11-9-23(32)10-12-25/h1-13,16,26-27H,14-15,17-20H2,(H,34,39)(H,35,37)/t27-/m0/s1. The number of carbonyl (C=O) groups excluding carboxylic acids is 3. The molecule has 40 heavy (non-hydrogen) atoms. The summed E-state index contributed by atoms with van der Waals surface area (Å²) in [5.74, 6) is -0.359. The molecule has 3 amide bonds. The van der Waals surface area contributed by atoms with E-state index in [1.807, 2.05) is 18.2 Å². The molecule has 3 aromatic rings. The number of benzene rings is 2. The van der Waals surface area contributed by atoms with Crippen LogP contribution in [0.1, 0.15) is 24.1 Å². The van der Waals surface area contributed by atoms with Crippen molar-refractivity contribution in [2.24, 2.45) is 0 Å². The average Bonchev–Trinajstić information content (AvgIpc) is 2.97. The van der Waals surface area contributed by atoms with E-state index in [1.54, 1.807) is 65.7 Å². The minimum absolute atomic E-state index is 0.00120. The summed E-state index contributed by atoms with van der Waals surface area (Å²) in [7, 11) is 0. The molecule has 2 aromatic carbocycles. The van der Waals surface area contributed by atoms with Crippen LogP contribution < -0.4 is 15.4 Å². The van der Waals surface area contributed by atoms with Crippen molar-refractivity contribution in [2.45, 2.75) is 31.4 Å². The highest BCUT2D eigenvalue weighted by atomic mass is 35.5. The maximum Gasteiger partial charge on any atom is 0.244 e. The molecule has 208 valence electrons. The van der Waals surface area contributed by atoms with Gasteiger partial charge < -0.3 is 20.3 Å². The van der Waals surface area contributed by atoms with E-state index in [9.17, 15) is 14.4 Å². The number of nitrogens with one attached hydrogen (secondary N) is 2. The normalized spacial score (nSPS) is 14.5. The van der Waals surface area contributed by atoms with Crippen molar-refractivity contribution in [1.29, 1.82) is 0 Å². The lowest BCUT2D eigenvalue weighted by atomic mass is 10.1. The number of piperidine rings is 1. The fraction of sp³-hybridized carbons (Fsp3) is 0.267. The smallest absolute Gasteiger partial charge is 0.244 e. The van der Waals surface area contributed by atoms with Crippen LogP contribution in [0.5, 0.6) is 5.75 Å². The number of halogens is 2. The van der Waals surface area contributed by atoms with Crippen LogP contribution in [0.2, 0.25) is 10.0 Å². The van der Waals surface area contributed by atoms with Crippen molar-refractivity contribution in [1.82, 2.24) is 20.5 Å². The summed E-state index contributed by atoms with van der Waals surface area (Å²) in [4.78, 5) is 44.5. The highest BCUT2D eigenvalue weighted by Gasteiger charge is 2.26. The van der Waals surface area contributed by atoms with Gasteiger partial charge in [0.05, 0.1) is 6.54 Å². The molecule has 1 atom stereocenters. The lowest BCUT2D eigenvalue weighted by molar-refractivity contribution is -0.135. The predicted octanol–water partition coefficient (Wildman–Crippen LogP) is 4.32. The van der Waals surface area contributed by atoms with Crippen molar-refractivity contribution in [3.8, 4) is 5.75 Å². The summed E-state index contributed by atoms with van der Waals surface area (Å²) in [6, 6.07) is 18.6. The molecule has 4 rings (SSSR count). The van der Waals surface area contributed by atoms with Gasteiger partial charge in [0.1, 0.15) is 17.9 Å². The number of ether oxygens (including phenoxy) is 1. The Morgan fingerprint density at radius 2 is 1.65 bits per heavy atom. The maximum absolute atomic E-state index is 13.1. The SMILES string of the molecule is O=C(C=Cc1ccc(Cl)cc1)N[C@@H](Cc1ccccn1)C(=O)NCC(=O)N1CCC(Oc2ccc(Cl)cc2)CC1. The second-order valence-electron chi connectivity index (χ2n) is 9.34. The predicted molar refractivity (Wildman–Crippen MR) is 155 cm³/mol. The van der Waals surface area contributed by atoms with E-state index in [0.717, 1.165) is 11.3 Å². The fourth-order valence-electron chi connectivity index (χ4n) is 4.23.